The van der Waals surface area contributed by atoms with Crippen molar-refractivity contribution in [3.8, 4) is 0 Å². The van der Waals surface area contributed by atoms with Gasteiger partial charge in [-0.3, -0.25) is 9.10 Å². The Kier molecular flexibility index (Phi) is 6.70. The van der Waals surface area contributed by atoms with E-state index in [1.165, 1.54) is 26.3 Å². The maximum absolute atomic E-state index is 13.2. The highest BCUT2D eigenvalue weighted by Gasteiger charge is 2.25. The SMILES string of the molecule is Cc1ccc(S(=O)(=O)N(C)c2ccccc2C(=O)Nc2ccc(N3CCCCC3)cc2)cc1. The van der Waals surface area contributed by atoms with Gasteiger partial charge in [-0.05, 0) is 74.7 Å². The molecule has 172 valence electrons. The Bertz CT molecular complexity index is 1220. The van der Waals surface area contributed by atoms with E-state index in [9.17, 15) is 13.2 Å². The van der Waals surface area contributed by atoms with Crippen molar-refractivity contribution < 1.29 is 13.2 Å². The van der Waals surface area contributed by atoms with Gasteiger partial charge in [-0.2, -0.15) is 0 Å². The number of carbonyl (C=O) groups is 1. The van der Waals surface area contributed by atoms with Crippen LogP contribution in [0.2, 0.25) is 0 Å². The summed E-state index contributed by atoms with van der Waals surface area (Å²) in [6.45, 7) is 4.01. The smallest absolute Gasteiger partial charge is 0.264 e. The van der Waals surface area contributed by atoms with Crippen LogP contribution in [-0.4, -0.2) is 34.5 Å². The number of carbonyl (C=O) groups excluding carboxylic acids is 1. The number of anilines is 3. The molecule has 1 amide bonds. The lowest BCUT2D eigenvalue weighted by atomic mass is 10.1. The van der Waals surface area contributed by atoms with Gasteiger partial charge in [0.25, 0.3) is 15.9 Å². The second-order valence-electron chi connectivity index (χ2n) is 8.35. The molecule has 0 aliphatic carbocycles. The minimum atomic E-state index is -3.81. The first-order chi connectivity index (χ1) is 15.9. The van der Waals surface area contributed by atoms with Crippen LogP contribution in [0.4, 0.5) is 17.1 Å². The number of sulfonamides is 1. The molecule has 1 saturated heterocycles. The van der Waals surface area contributed by atoms with Gasteiger partial charge in [0.15, 0.2) is 0 Å². The molecule has 33 heavy (non-hydrogen) atoms. The van der Waals surface area contributed by atoms with Gasteiger partial charge in [0.2, 0.25) is 0 Å². The summed E-state index contributed by atoms with van der Waals surface area (Å²) in [4.78, 5) is 15.6. The fourth-order valence-electron chi connectivity index (χ4n) is 4.04. The highest BCUT2D eigenvalue weighted by molar-refractivity contribution is 7.92. The monoisotopic (exact) mass is 463 g/mol. The van der Waals surface area contributed by atoms with Crippen LogP contribution in [-0.2, 0) is 10.0 Å². The van der Waals surface area contributed by atoms with Gasteiger partial charge < -0.3 is 10.2 Å². The highest BCUT2D eigenvalue weighted by Crippen LogP contribution is 2.27. The van der Waals surface area contributed by atoms with Crippen molar-refractivity contribution in [1.82, 2.24) is 0 Å². The van der Waals surface area contributed by atoms with Crippen LogP contribution in [0.15, 0.2) is 77.7 Å². The lowest BCUT2D eigenvalue weighted by Crippen LogP contribution is -2.29. The largest absolute Gasteiger partial charge is 0.372 e. The average Bonchev–Trinajstić information content (AvgIpc) is 2.85. The first-order valence-electron chi connectivity index (χ1n) is 11.2. The van der Waals surface area contributed by atoms with E-state index in [1.54, 1.807) is 48.5 Å². The minimum absolute atomic E-state index is 0.180. The fraction of sp³-hybridized carbons (Fsp3) is 0.269. The summed E-state index contributed by atoms with van der Waals surface area (Å²) in [5.41, 5.74) is 3.40. The van der Waals surface area contributed by atoms with E-state index in [4.69, 9.17) is 0 Å². The van der Waals surface area contributed by atoms with Crippen LogP contribution in [0.5, 0.6) is 0 Å². The zero-order chi connectivity index (χ0) is 23.4. The fourth-order valence-corrected chi connectivity index (χ4v) is 5.26. The molecule has 4 rings (SSSR count). The molecule has 3 aromatic carbocycles. The Labute approximate surface area is 195 Å². The summed E-state index contributed by atoms with van der Waals surface area (Å²) in [5.74, 6) is -0.359. The number of rotatable bonds is 6. The van der Waals surface area contributed by atoms with Gasteiger partial charge in [0.1, 0.15) is 0 Å². The molecular formula is C26H29N3O3S. The lowest BCUT2D eigenvalue weighted by molar-refractivity contribution is 0.102. The third-order valence-corrected chi connectivity index (χ3v) is 7.80. The number of nitrogens with zero attached hydrogens (tertiary/aromatic N) is 2. The normalized spacial score (nSPS) is 14.1. The molecule has 1 aliphatic rings. The highest BCUT2D eigenvalue weighted by atomic mass is 32.2. The van der Waals surface area contributed by atoms with E-state index in [0.717, 1.165) is 28.6 Å². The standard InChI is InChI=1S/C26H29N3O3S/c1-20-10-16-23(17-11-20)33(31,32)28(2)25-9-5-4-8-24(25)26(30)27-21-12-14-22(15-13-21)29-18-6-3-7-19-29/h4-5,8-17H,3,6-7,18-19H2,1-2H3,(H,27,30). The van der Waals surface area contributed by atoms with Gasteiger partial charge in [-0.1, -0.05) is 29.8 Å². The molecular weight excluding hydrogens is 434 g/mol. The van der Waals surface area contributed by atoms with E-state index < -0.39 is 10.0 Å². The summed E-state index contributed by atoms with van der Waals surface area (Å²) in [5, 5.41) is 2.90. The quantitative estimate of drug-likeness (QED) is 0.555. The third kappa shape index (κ3) is 5.03. The molecule has 0 unspecified atom stereocenters. The van der Waals surface area contributed by atoms with E-state index >= 15 is 0 Å². The molecule has 0 saturated carbocycles. The van der Waals surface area contributed by atoms with Crippen LogP contribution >= 0.6 is 0 Å². The van der Waals surface area contributed by atoms with E-state index in [-0.39, 0.29) is 16.4 Å². The van der Waals surface area contributed by atoms with Crippen LogP contribution in [0, 0.1) is 6.92 Å². The molecule has 0 spiro atoms. The topological polar surface area (TPSA) is 69.7 Å². The van der Waals surface area contributed by atoms with E-state index in [0.29, 0.717) is 11.4 Å². The van der Waals surface area contributed by atoms with Crippen LogP contribution in [0.3, 0.4) is 0 Å². The van der Waals surface area contributed by atoms with Gasteiger partial charge in [-0.15, -0.1) is 0 Å². The van der Waals surface area contributed by atoms with Crippen molar-refractivity contribution >= 4 is 33.0 Å². The predicted octanol–water partition coefficient (Wildman–Crippen LogP) is 5.06. The molecule has 0 bridgehead atoms. The average molecular weight is 464 g/mol. The number of aryl methyl sites for hydroxylation is 1. The molecule has 0 radical (unpaired) electrons. The first-order valence-corrected chi connectivity index (χ1v) is 12.6. The number of piperidine rings is 1. The Morgan fingerprint density at radius 2 is 1.52 bits per heavy atom. The molecule has 0 atom stereocenters. The second-order valence-corrected chi connectivity index (χ2v) is 10.3. The number of nitrogens with one attached hydrogen (secondary N) is 1. The number of benzene rings is 3. The molecule has 1 N–H and O–H groups in total. The Morgan fingerprint density at radius 1 is 0.879 bits per heavy atom. The maximum atomic E-state index is 13.2. The summed E-state index contributed by atoms with van der Waals surface area (Å²) in [6.07, 6.45) is 3.68. The van der Waals surface area contributed by atoms with Crippen molar-refractivity contribution in [2.24, 2.45) is 0 Å². The number of hydrogen-bond donors (Lipinski definition) is 1. The van der Waals surface area contributed by atoms with Crippen molar-refractivity contribution in [2.45, 2.75) is 31.1 Å². The van der Waals surface area contributed by atoms with Gasteiger partial charge in [0.05, 0.1) is 16.1 Å². The molecule has 0 aromatic heterocycles. The molecule has 1 heterocycles. The van der Waals surface area contributed by atoms with Crippen LogP contribution in [0.1, 0.15) is 35.2 Å². The first kappa shape index (κ1) is 22.9. The van der Waals surface area contributed by atoms with Crippen molar-refractivity contribution in [2.75, 3.05) is 34.7 Å². The zero-order valence-corrected chi connectivity index (χ0v) is 19.8. The molecule has 1 fully saturated rings. The molecule has 3 aromatic rings. The van der Waals surface area contributed by atoms with Crippen LogP contribution in [0.25, 0.3) is 0 Å². The van der Waals surface area contributed by atoms with Crippen molar-refractivity contribution in [1.29, 1.82) is 0 Å². The molecule has 7 heteroatoms. The Morgan fingerprint density at radius 3 is 2.18 bits per heavy atom. The Hall–Kier alpha value is -3.32. The van der Waals surface area contributed by atoms with Crippen molar-refractivity contribution in [3.05, 3.63) is 83.9 Å². The molecule has 6 nitrogen and oxygen atoms in total. The predicted molar refractivity (Wildman–Crippen MR) is 134 cm³/mol. The summed E-state index contributed by atoms with van der Waals surface area (Å²) in [6, 6.07) is 21.2. The number of amides is 1. The summed E-state index contributed by atoms with van der Waals surface area (Å²) >= 11 is 0. The van der Waals surface area contributed by atoms with E-state index in [1.807, 2.05) is 31.2 Å². The van der Waals surface area contributed by atoms with Crippen LogP contribution < -0.4 is 14.5 Å². The third-order valence-electron chi connectivity index (χ3n) is 6.01. The number of hydrogen-bond acceptors (Lipinski definition) is 4. The van der Waals surface area contributed by atoms with Gasteiger partial charge in [0, 0.05) is 31.5 Å². The van der Waals surface area contributed by atoms with E-state index in [2.05, 4.69) is 10.2 Å². The van der Waals surface area contributed by atoms with Crippen molar-refractivity contribution in [3.63, 3.8) is 0 Å². The Balaban J connectivity index is 1.54. The van der Waals surface area contributed by atoms with Gasteiger partial charge in [-0.25, -0.2) is 8.42 Å². The summed E-state index contributed by atoms with van der Waals surface area (Å²) < 4.78 is 27.5. The maximum Gasteiger partial charge on any atom is 0.264 e. The minimum Gasteiger partial charge on any atom is -0.372 e. The second kappa shape index (κ2) is 9.67. The lowest BCUT2D eigenvalue weighted by Gasteiger charge is -2.28. The van der Waals surface area contributed by atoms with Gasteiger partial charge >= 0.3 is 0 Å². The zero-order valence-electron chi connectivity index (χ0n) is 19.0. The molecule has 1 aliphatic heterocycles. The number of para-hydroxylation sites is 1. The summed E-state index contributed by atoms with van der Waals surface area (Å²) in [7, 11) is -2.34.